The zero-order chi connectivity index (χ0) is 15.9. The molecule has 5 nitrogen and oxygen atoms in total. The minimum Gasteiger partial charge on any atom is -0.368 e. The molecule has 0 unspecified atom stereocenters. The Hall–Kier alpha value is -0.170. The van der Waals surface area contributed by atoms with E-state index in [-0.39, 0.29) is 17.2 Å². The van der Waals surface area contributed by atoms with E-state index in [0.717, 1.165) is 32.2 Å². The monoisotopic (exact) mass is 318 g/mol. The Labute approximate surface area is 129 Å². The van der Waals surface area contributed by atoms with E-state index in [1.54, 1.807) is 0 Å². The van der Waals surface area contributed by atoms with Gasteiger partial charge in [-0.2, -0.15) is 0 Å². The lowest BCUT2D eigenvalue weighted by molar-refractivity contribution is -0.0699. The second-order valence-corrected chi connectivity index (χ2v) is 9.60. The first-order chi connectivity index (χ1) is 9.49. The third-order valence-corrected chi connectivity index (χ3v) is 5.46. The zero-order valence-electron chi connectivity index (χ0n) is 13.9. The molecular formula is C15H30N2O3S. The van der Waals surface area contributed by atoms with Crippen LogP contribution in [0.3, 0.4) is 0 Å². The minimum atomic E-state index is -3.12. The van der Waals surface area contributed by atoms with E-state index in [2.05, 4.69) is 37.7 Å². The van der Waals surface area contributed by atoms with Gasteiger partial charge in [-0.15, -0.1) is 0 Å². The van der Waals surface area contributed by atoms with Crippen LogP contribution in [0.25, 0.3) is 0 Å². The first kappa shape index (κ1) is 17.2. The summed E-state index contributed by atoms with van der Waals surface area (Å²) >= 11 is 0. The van der Waals surface area contributed by atoms with Crippen molar-refractivity contribution >= 4 is 10.0 Å². The van der Waals surface area contributed by atoms with Gasteiger partial charge in [-0.25, -0.2) is 13.1 Å². The van der Waals surface area contributed by atoms with Crippen LogP contribution in [-0.2, 0) is 14.8 Å². The average Bonchev–Trinajstić information content (AvgIpc) is 2.75. The van der Waals surface area contributed by atoms with Gasteiger partial charge >= 0.3 is 0 Å². The third kappa shape index (κ3) is 4.65. The molecule has 3 atom stereocenters. The molecule has 1 aliphatic heterocycles. The van der Waals surface area contributed by atoms with E-state index in [1.165, 1.54) is 6.26 Å². The lowest BCUT2D eigenvalue weighted by Gasteiger charge is -2.29. The number of nitrogens with one attached hydrogen (secondary N) is 2. The van der Waals surface area contributed by atoms with Gasteiger partial charge in [0.2, 0.25) is 10.0 Å². The maximum Gasteiger partial charge on any atom is 0.208 e. The van der Waals surface area contributed by atoms with Crippen LogP contribution in [0.5, 0.6) is 0 Å². The van der Waals surface area contributed by atoms with Crippen molar-refractivity contribution < 1.29 is 13.2 Å². The first-order valence-corrected chi connectivity index (χ1v) is 9.78. The standard InChI is InChI=1S/C15H30N2O3S/c1-14(2)9-13(15(3,4)20-14)16-10-11-7-6-8-12(11)17-21(5,18)19/h11-13,16-17H,6-10H2,1-5H3/t11-,12-,13+/m1/s1. The third-order valence-electron chi connectivity index (χ3n) is 4.73. The SMILES string of the molecule is CC1(C)C[C@H](NC[C@H]2CCC[C@H]2NS(C)(=O)=O)C(C)(C)O1. The predicted octanol–water partition coefficient (Wildman–Crippen LogP) is 1.64. The van der Waals surface area contributed by atoms with Gasteiger partial charge in [0.15, 0.2) is 0 Å². The van der Waals surface area contributed by atoms with Gasteiger partial charge in [-0.3, -0.25) is 0 Å². The summed E-state index contributed by atoms with van der Waals surface area (Å²) in [4.78, 5) is 0. The highest BCUT2D eigenvalue weighted by Gasteiger charge is 2.46. The second-order valence-electron chi connectivity index (χ2n) is 7.82. The van der Waals surface area contributed by atoms with E-state index < -0.39 is 10.0 Å². The first-order valence-electron chi connectivity index (χ1n) is 7.89. The Bertz CT molecular complexity index is 473. The summed E-state index contributed by atoms with van der Waals surface area (Å²) in [6.07, 6.45) is 5.34. The van der Waals surface area contributed by atoms with E-state index in [4.69, 9.17) is 4.74 Å². The molecular weight excluding hydrogens is 288 g/mol. The molecule has 0 amide bonds. The minimum absolute atomic E-state index is 0.0749. The fraction of sp³-hybridized carbons (Fsp3) is 1.00. The maximum atomic E-state index is 11.4. The molecule has 1 heterocycles. The number of rotatable bonds is 5. The smallest absolute Gasteiger partial charge is 0.208 e. The van der Waals surface area contributed by atoms with Crippen LogP contribution in [0.4, 0.5) is 0 Å². The van der Waals surface area contributed by atoms with E-state index >= 15 is 0 Å². The fourth-order valence-electron chi connectivity index (χ4n) is 3.89. The summed E-state index contributed by atoms with van der Waals surface area (Å²) < 4.78 is 31.7. The number of sulfonamides is 1. The van der Waals surface area contributed by atoms with Crippen molar-refractivity contribution in [1.29, 1.82) is 0 Å². The van der Waals surface area contributed by atoms with Crippen molar-refractivity contribution in [1.82, 2.24) is 10.0 Å². The van der Waals surface area contributed by atoms with Gasteiger partial charge in [-0.05, 0) is 59.4 Å². The summed E-state index contributed by atoms with van der Waals surface area (Å²) in [5, 5.41) is 3.63. The average molecular weight is 318 g/mol. The summed E-state index contributed by atoms with van der Waals surface area (Å²) in [6, 6.07) is 0.387. The number of hydrogen-bond donors (Lipinski definition) is 2. The van der Waals surface area contributed by atoms with Crippen LogP contribution in [0, 0.1) is 5.92 Å². The Morgan fingerprint density at radius 3 is 2.38 bits per heavy atom. The lowest BCUT2D eigenvalue weighted by atomic mass is 9.93. The van der Waals surface area contributed by atoms with Crippen LogP contribution in [0.2, 0.25) is 0 Å². The molecule has 2 fully saturated rings. The molecule has 2 N–H and O–H groups in total. The summed E-state index contributed by atoms with van der Waals surface area (Å²) in [5.74, 6) is 0.374. The van der Waals surface area contributed by atoms with Crippen LogP contribution in [-0.4, -0.2) is 44.5 Å². The molecule has 2 aliphatic rings. The van der Waals surface area contributed by atoms with E-state index in [1.807, 2.05) is 0 Å². The molecule has 0 bridgehead atoms. The quantitative estimate of drug-likeness (QED) is 0.809. The van der Waals surface area contributed by atoms with E-state index in [9.17, 15) is 8.42 Å². The number of hydrogen-bond acceptors (Lipinski definition) is 4. The fourth-order valence-corrected chi connectivity index (χ4v) is 4.75. The largest absolute Gasteiger partial charge is 0.368 e. The predicted molar refractivity (Wildman–Crippen MR) is 84.8 cm³/mol. The lowest BCUT2D eigenvalue weighted by Crippen LogP contribution is -2.47. The molecule has 21 heavy (non-hydrogen) atoms. The topological polar surface area (TPSA) is 67.4 Å². The highest BCUT2D eigenvalue weighted by Crippen LogP contribution is 2.37. The van der Waals surface area contributed by atoms with Gasteiger partial charge in [0.25, 0.3) is 0 Å². The van der Waals surface area contributed by atoms with Gasteiger partial charge in [-0.1, -0.05) is 6.42 Å². The maximum absolute atomic E-state index is 11.4. The molecule has 0 aromatic rings. The van der Waals surface area contributed by atoms with Crippen molar-refractivity contribution in [2.75, 3.05) is 12.8 Å². The summed E-state index contributed by atoms with van der Waals surface area (Å²) in [7, 11) is -3.12. The summed E-state index contributed by atoms with van der Waals surface area (Å²) in [5.41, 5.74) is -0.275. The second kappa shape index (κ2) is 5.80. The van der Waals surface area contributed by atoms with Gasteiger partial charge in [0.05, 0.1) is 17.5 Å². The van der Waals surface area contributed by atoms with Gasteiger partial charge in [0.1, 0.15) is 0 Å². The summed E-state index contributed by atoms with van der Waals surface area (Å²) in [6.45, 7) is 9.35. The highest BCUT2D eigenvalue weighted by molar-refractivity contribution is 7.88. The molecule has 1 aliphatic carbocycles. The Kier molecular flexibility index (Phi) is 4.74. The molecule has 6 heteroatoms. The molecule has 1 saturated carbocycles. The Morgan fingerprint density at radius 1 is 1.19 bits per heavy atom. The highest BCUT2D eigenvalue weighted by atomic mass is 32.2. The van der Waals surface area contributed by atoms with Crippen molar-refractivity contribution in [2.24, 2.45) is 5.92 Å². The Morgan fingerprint density at radius 2 is 1.86 bits per heavy atom. The molecule has 0 aromatic carbocycles. The van der Waals surface area contributed by atoms with Crippen molar-refractivity contribution in [2.45, 2.75) is 76.7 Å². The van der Waals surface area contributed by atoms with Crippen LogP contribution >= 0.6 is 0 Å². The van der Waals surface area contributed by atoms with Crippen molar-refractivity contribution in [3.05, 3.63) is 0 Å². The van der Waals surface area contributed by atoms with Gasteiger partial charge < -0.3 is 10.1 Å². The van der Waals surface area contributed by atoms with Crippen LogP contribution in [0.15, 0.2) is 0 Å². The molecule has 0 spiro atoms. The molecule has 124 valence electrons. The zero-order valence-corrected chi connectivity index (χ0v) is 14.7. The molecule has 1 saturated heterocycles. The molecule has 2 rings (SSSR count). The normalized spacial score (nSPS) is 35.2. The molecule has 0 radical (unpaired) electrons. The van der Waals surface area contributed by atoms with Gasteiger partial charge in [0, 0.05) is 12.1 Å². The van der Waals surface area contributed by atoms with Crippen LogP contribution in [0.1, 0.15) is 53.4 Å². The van der Waals surface area contributed by atoms with Crippen molar-refractivity contribution in [3.63, 3.8) is 0 Å². The van der Waals surface area contributed by atoms with Crippen molar-refractivity contribution in [3.8, 4) is 0 Å². The number of ether oxygens (including phenoxy) is 1. The Balaban J connectivity index is 1.90. The van der Waals surface area contributed by atoms with Crippen LogP contribution < -0.4 is 10.0 Å². The molecule has 0 aromatic heterocycles. The van der Waals surface area contributed by atoms with E-state index in [0.29, 0.717) is 12.0 Å².